The summed E-state index contributed by atoms with van der Waals surface area (Å²) in [5, 5.41) is 0. The minimum atomic E-state index is 0.353. The molecule has 0 saturated heterocycles. The predicted molar refractivity (Wildman–Crippen MR) is 114 cm³/mol. The van der Waals surface area contributed by atoms with E-state index in [2.05, 4.69) is 107 Å². The zero-order valence-corrected chi connectivity index (χ0v) is 16.5. The van der Waals surface area contributed by atoms with Gasteiger partial charge in [-0.25, -0.2) is 0 Å². The van der Waals surface area contributed by atoms with Crippen molar-refractivity contribution in [3.8, 4) is 0 Å². The van der Waals surface area contributed by atoms with E-state index in [0.29, 0.717) is 5.92 Å². The first-order valence-corrected chi connectivity index (χ1v) is 9.37. The standard InChI is InChI=1S/C26H28/c1-18-11-13-23(14-12-18)20(3)17-25(24-9-7-6-8-10-24)26-21(4)15-19(2)16-22(26)5/h6-17,20H,1-5H3/b25-17-. The molecule has 26 heavy (non-hydrogen) atoms. The molecule has 1 atom stereocenters. The number of allylic oxidation sites excluding steroid dienone is 1. The highest BCUT2D eigenvalue weighted by Gasteiger charge is 2.14. The average molecular weight is 341 g/mol. The minimum absolute atomic E-state index is 0.353. The third-order valence-electron chi connectivity index (χ3n) is 5.05. The highest BCUT2D eigenvalue weighted by atomic mass is 14.2. The molecule has 0 aliphatic carbocycles. The van der Waals surface area contributed by atoms with Crippen LogP contribution in [0.2, 0.25) is 0 Å². The molecular formula is C26H28. The smallest absolute Gasteiger partial charge is 0.000101 e. The molecular weight excluding hydrogens is 312 g/mol. The van der Waals surface area contributed by atoms with Gasteiger partial charge in [0, 0.05) is 0 Å². The normalized spacial score (nSPS) is 12.9. The van der Waals surface area contributed by atoms with Crippen molar-refractivity contribution >= 4 is 5.57 Å². The van der Waals surface area contributed by atoms with E-state index >= 15 is 0 Å². The van der Waals surface area contributed by atoms with Gasteiger partial charge in [-0.1, -0.05) is 90.9 Å². The first-order valence-electron chi connectivity index (χ1n) is 9.37. The van der Waals surface area contributed by atoms with Crippen LogP contribution in [0.3, 0.4) is 0 Å². The monoisotopic (exact) mass is 340 g/mol. The highest BCUT2D eigenvalue weighted by Crippen LogP contribution is 2.33. The molecule has 132 valence electrons. The summed E-state index contributed by atoms with van der Waals surface area (Å²) in [6.45, 7) is 11.0. The number of aryl methyl sites for hydroxylation is 4. The first kappa shape index (κ1) is 18.2. The summed E-state index contributed by atoms with van der Waals surface area (Å²) >= 11 is 0. The Morgan fingerprint density at radius 3 is 1.88 bits per heavy atom. The van der Waals surface area contributed by atoms with Gasteiger partial charge in [-0.3, -0.25) is 0 Å². The van der Waals surface area contributed by atoms with Crippen LogP contribution >= 0.6 is 0 Å². The largest absolute Gasteiger partial charge is 0.0688 e. The van der Waals surface area contributed by atoms with Gasteiger partial charge >= 0.3 is 0 Å². The summed E-state index contributed by atoms with van der Waals surface area (Å²) in [5.74, 6) is 0.353. The van der Waals surface area contributed by atoms with Gasteiger partial charge in [0.2, 0.25) is 0 Å². The SMILES string of the molecule is Cc1ccc(C(C)/C=C(/c2ccccc2)c2c(C)cc(C)cc2C)cc1. The van der Waals surface area contributed by atoms with Crippen LogP contribution in [0.25, 0.3) is 5.57 Å². The molecule has 0 heterocycles. The molecule has 0 saturated carbocycles. The van der Waals surface area contributed by atoms with E-state index in [1.165, 1.54) is 44.5 Å². The first-order chi connectivity index (χ1) is 12.5. The van der Waals surface area contributed by atoms with Gasteiger partial charge in [0.25, 0.3) is 0 Å². The third kappa shape index (κ3) is 3.96. The van der Waals surface area contributed by atoms with Gasteiger partial charge < -0.3 is 0 Å². The van der Waals surface area contributed by atoms with E-state index in [4.69, 9.17) is 0 Å². The molecule has 3 rings (SSSR count). The van der Waals surface area contributed by atoms with E-state index in [9.17, 15) is 0 Å². The second-order valence-corrected chi connectivity index (χ2v) is 7.42. The van der Waals surface area contributed by atoms with Crippen molar-refractivity contribution in [1.82, 2.24) is 0 Å². The quantitative estimate of drug-likeness (QED) is 0.473. The van der Waals surface area contributed by atoms with Crippen LogP contribution in [-0.4, -0.2) is 0 Å². The van der Waals surface area contributed by atoms with Crippen LogP contribution in [0.5, 0.6) is 0 Å². The maximum Gasteiger partial charge on any atom is -0.000101 e. The molecule has 0 heteroatoms. The predicted octanol–water partition coefficient (Wildman–Crippen LogP) is 7.16. The molecule has 0 N–H and O–H groups in total. The maximum atomic E-state index is 2.42. The molecule has 0 aromatic heterocycles. The van der Waals surface area contributed by atoms with Gasteiger partial charge in [-0.2, -0.15) is 0 Å². The number of hydrogen-bond donors (Lipinski definition) is 0. The Morgan fingerprint density at radius 1 is 0.731 bits per heavy atom. The lowest BCUT2D eigenvalue weighted by Gasteiger charge is -2.18. The number of rotatable bonds is 4. The Bertz CT molecular complexity index is 889. The molecule has 0 nitrogen and oxygen atoms in total. The van der Waals surface area contributed by atoms with Crippen molar-refractivity contribution in [2.45, 2.75) is 40.5 Å². The van der Waals surface area contributed by atoms with Crippen molar-refractivity contribution in [3.63, 3.8) is 0 Å². The second kappa shape index (κ2) is 7.74. The van der Waals surface area contributed by atoms with Crippen molar-refractivity contribution < 1.29 is 0 Å². The molecule has 0 amide bonds. The summed E-state index contributed by atoms with van der Waals surface area (Å²) in [5.41, 5.74) is 10.6. The van der Waals surface area contributed by atoms with Crippen LogP contribution < -0.4 is 0 Å². The molecule has 0 aliphatic heterocycles. The Morgan fingerprint density at radius 2 is 1.31 bits per heavy atom. The van der Waals surface area contributed by atoms with Gasteiger partial charge in [-0.05, 0) is 67.0 Å². The Balaban J connectivity index is 2.15. The van der Waals surface area contributed by atoms with Gasteiger partial charge in [0.05, 0.1) is 0 Å². The number of hydrogen-bond acceptors (Lipinski definition) is 0. The van der Waals surface area contributed by atoms with E-state index in [1.54, 1.807) is 0 Å². The van der Waals surface area contributed by atoms with Crippen molar-refractivity contribution in [1.29, 1.82) is 0 Å². The van der Waals surface area contributed by atoms with Gasteiger partial charge in [-0.15, -0.1) is 0 Å². The number of benzene rings is 3. The molecule has 3 aromatic rings. The molecule has 3 aromatic carbocycles. The zero-order valence-electron chi connectivity index (χ0n) is 16.5. The molecule has 0 fully saturated rings. The minimum Gasteiger partial charge on any atom is -0.0688 e. The topological polar surface area (TPSA) is 0 Å². The lowest BCUT2D eigenvalue weighted by atomic mass is 9.86. The van der Waals surface area contributed by atoms with Crippen LogP contribution in [0.4, 0.5) is 0 Å². The lowest BCUT2D eigenvalue weighted by Crippen LogP contribution is -1.99. The average Bonchev–Trinajstić information content (AvgIpc) is 2.61. The fourth-order valence-corrected chi connectivity index (χ4v) is 3.76. The van der Waals surface area contributed by atoms with Crippen molar-refractivity contribution in [3.05, 3.63) is 112 Å². The van der Waals surface area contributed by atoms with Crippen LogP contribution in [0, 0.1) is 27.7 Å². The summed E-state index contributed by atoms with van der Waals surface area (Å²) < 4.78 is 0. The van der Waals surface area contributed by atoms with E-state index < -0.39 is 0 Å². The molecule has 1 unspecified atom stereocenters. The van der Waals surface area contributed by atoms with Crippen LogP contribution in [0.1, 0.15) is 51.8 Å². The van der Waals surface area contributed by atoms with E-state index in [1.807, 2.05) is 0 Å². The fraction of sp³-hybridized carbons (Fsp3) is 0.231. The second-order valence-electron chi connectivity index (χ2n) is 7.42. The van der Waals surface area contributed by atoms with Gasteiger partial charge in [0.1, 0.15) is 0 Å². The summed E-state index contributed by atoms with van der Waals surface area (Å²) in [6, 6.07) is 24.2. The third-order valence-corrected chi connectivity index (χ3v) is 5.05. The summed E-state index contributed by atoms with van der Waals surface area (Å²) in [7, 11) is 0. The van der Waals surface area contributed by atoms with Gasteiger partial charge in [0.15, 0.2) is 0 Å². The van der Waals surface area contributed by atoms with Crippen LogP contribution in [-0.2, 0) is 0 Å². The Labute approximate surface area is 158 Å². The van der Waals surface area contributed by atoms with E-state index in [-0.39, 0.29) is 0 Å². The molecule has 0 bridgehead atoms. The fourth-order valence-electron chi connectivity index (χ4n) is 3.76. The highest BCUT2D eigenvalue weighted by molar-refractivity contribution is 5.83. The van der Waals surface area contributed by atoms with Crippen molar-refractivity contribution in [2.24, 2.45) is 0 Å². The molecule has 0 aliphatic rings. The maximum absolute atomic E-state index is 2.42. The van der Waals surface area contributed by atoms with Crippen molar-refractivity contribution in [2.75, 3.05) is 0 Å². The molecule has 0 radical (unpaired) electrons. The Kier molecular flexibility index (Phi) is 5.42. The summed E-state index contributed by atoms with van der Waals surface area (Å²) in [6.07, 6.45) is 2.42. The zero-order chi connectivity index (χ0) is 18.7. The summed E-state index contributed by atoms with van der Waals surface area (Å²) in [4.78, 5) is 0. The lowest BCUT2D eigenvalue weighted by molar-refractivity contribution is 0.967. The van der Waals surface area contributed by atoms with Crippen LogP contribution in [0.15, 0.2) is 72.8 Å². The van der Waals surface area contributed by atoms with E-state index in [0.717, 1.165) is 0 Å². The Hall–Kier alpha value is -2.60. The molecule has 0 spiro atoms.